The van der Waals surface area contributed by atoms with Gasteiger partial charge in [-0.05, 0) is 33.8 Å². The van der Waals surface area contributed by atoms with Crippen LogP contribution in [0.4, 0.5) is 0 Å². The Hall–Kier alpha value is 0.860. The first-order chi connectivity index (χ1) is 8.18. The third-order valence-electron chi connectivity index (χ3n) is 2.40. The number of alkyl halides is 1. The third kappa shape index (κ3) is 4.76. The van der Waals surface area contributed by atoms with Gasteiger partial charge in [0.05, 0.1) is 8.81 Å². The maximum atomic E-state index is 12.1. The number of rotatable bonds is 6. The molecule has 0 aliphatic rings. The zero-order chi connectivity index (χ0) is 14.0. The van der Waals surface area contributed by atoms with Crippen LogP contribution in [0.25, 0.3) is 0 Å². The molecule has 1 N–H and O–H groups in total. The molecule has 104 valence electrons. The van der Waals surface area contributed by atoms with Gasteiger partial charge in [0.2, 0.25) is 10.0 Å². The van der Waals surface area contributed by atoms with Crippen LogP contribution >= 0.6 is 54.8 Å². The van der Waals surface area contributed by atoms with E-state index in [-0.39, 0.29) is 9.62 Å². The Labute approximate surface area is 134 Å². The normalized spacial score (nSPS) is 12.9. The minimum atomic E-state index is -3.47. The summed E-state index contributed by atoms with van der Waals surface area (Å²) in [5.74, 6) is 0. The summed E-state index contributed by atoms with van der Waals surface area (Å²) in [7, 11) is -3.47. The first-order valence-corrected chi connectivity index (χ1v) is 9.78. The van der Waals surface area contributed by atoms with Gasteiger partial charge in [-0.3, -0.25) is 0 Å². The summed E-state index contributed by atoms with van der Waals surface area (Å²) >= 11 is 13.5. The molecule has 3 nitrogen and oxygen atoms in total. The fraction of sp³-hybridized carbons (Fsp3) is 0.600. The van der Waals surface area contributed by atoms with E-state index in [4.69, 9.17) is 11.6 Å². The molecule has 18 heavy (non-hydrogen) atoms. The summed E-state index contributed by atoms with van der Waals surface area (Å²) in [6.45, 7) is 4.44. The predicted molar refractivity (Wildman–Crippen MR) is 84.4 cm³/mol. The Balaban J connectivity index is 2.77. The minimum absolute atomic E-state index is 0.0884. The highest BCUT2D eigenvalue weighted by Crippen LogP contribution is 2.34. The van der Waals surface area contributed by atoms with Crippen molar-refractivity contribution in [2.24, 2.45) is 5.41 Å². The number of thiophene rings is 1. The van der Waals surface area contributed by atoms with Crippen LogP contribution in [0.15, 0.2) is 14.1 Å². The Morgan fingerprint density at radius 1 is 1.50 bits per heavy atom. The van der Waals surface area contributed by atoms with Crippen molar-refractivity contribution in [3.05, 3.63) is 14.9 Å². The van der Waals surface area contributed by atoms with Crippen LogP contribution in [0, 0.1) is 5.41 Å². The van der Waals surface area contributed by atoms with Crippen molar-refractivity contribution in [3.63, 3.8) is 0 Å². The summed E-state index contributed by atoms with van der Waals surface area (Å²) in [6.07, 6.45) is 0.893. The standard InChI is InChI=1S/C10H14Br2ClNO2S2/c1-10(2,3-4-11)6-14-18(15,16)8-5-7(13)9(12)17-8/h5,14H,3-4,6H2,1-2H3. The van der Waals surface area contributed by atoms with Crippen LogP contribution in [0.1, 0.15) is 20.3 Å². The number of nitrogens with one attached hydrogen (secondary N) is 1. The molecule has 0 saturated heterocycles. The van der Waals surface area contributed by atoms with E-state index >= 15 is 0 Å². The lowest BCUT2D eigenvalue weighted by Crippen LogP contribution is -2.33. The topological polar surface area (TPSA) is 46.2 Å². The fourth-order valence-corrected chi connectivity index (χ4v) is 5.92. The molecule has 1 rings (SSSR count). The molecule has 1 heterocycles. The lowest BCUT2D eigenvalue weighted by Gasteiger charge is -2.23. The van der Waals surface area contributed by atoms with Crippen LogP contribution in [-0.4, -0.2) is 20.3 Å². The molecular weight excluding hydrogens is 426 g/mol. The second kappa shape index (κ2) is 6.54. The van der Waals surface area contributed by atoms with E-state index in [0.717, 1.165) is 23.1 Å². The molecule has 0 unspecified atom stereocenters. The number of sulfonamides is 1. The second-order valence-electron chi connectivity index (χ2n) is 4.61. The monoisotopic (exact) mass is 437 g/mol. The molecule has 0 amide bonds. The number of hydrogen-bond acceptors (Lipinski definition) is 3. The lowest BCUT2D eigenvalue weighted by molar-refractivity contribution is 0.354. The molecule has 0 bridgehead atoms. The first-order valence-electron chi connectivity index (χ1n) is 5.18. The average Bonchev–Trinajstić information content (AvgIpc) is 2.58. The molecular formula is C10H14Br2ClNO2S2. The van der Waals surface area contributed by atoms with Gasteiger partial charge in [0.15, 0.2) is 0 Å². The second-order valence-corrected chi connectivity index (χ2v) is 10.2. The van der Waals surface area contributed by atoms with Gasteiger partial charge < -0.3 is 0 Å². The quantitative estimate of drug-likeness (QED) is 0.674. The van der Waals surface area contributed by atoms with E-state index in [1.807, 2.05) is 13.8 Å². The molecule has 0 aromatic carbocycles. The van der Waals surface area contributed by atoms with E-state index < -0.39 is 10.0 Å². The van der Waals surface area contributed by atoms with Crippen molar-refractivity contribution >= 4 is 64.8 Å². The van der Waals surface area contributed by atoms with Gasteiger partial charge in [-0.25, -0.2) is 13.1 Å². The van der Waals surface area contributed by atoms with E-state index in [9.17, 15) is 8.42 Å². The van der Waals surface area contributed by atoms with E-state index in [1.54, 1.807) is 0 Å². The molecule has 0 aliphatic carbocycles. The van der Waals surface area contributed by atoms with Gasteiger partial charge in [0.25, 0.3) is 0 Å². The molecule has 0 fully saturated rings. The molecule has 1 aromatic heterocycles. The fourth-order valence-electron chi connectivity index (χ4n) is 1.16. The minimum Gasteiger partial charge on any atom is -0.210 e. The highest BCUT2D eigenvalue weighted by molar-refractivity contribution is 9.11. The Kier molecular flexibility index (Phi) is 6.15. The summed E-state index contributed by atoms with van der Waals surface area (Å²) < 4.78 is 27.6. The van der Waals surface area contributed by atoms with Crippen molar-refractivity contribution in [1.29, 1.82) is 0 Å². The number of hydrogen-bond donors (Lipinski definition) is 1. The van der Waals surface area contributed by atoms with Crippen LogP contribution < -0.4 is 4.72 Å². The van der Waals surface area contributed by atoms with Crippen LogP contribution in [0.5, 0.6) is 0 Å². The number of halogens is 3. The Morgan fingerprint density at radius 2 is 2.11 bits per heavy atom. The SMILES string of the molecule is CC(C)(CCBr)CNS(=O)(=O)c1cc(Cl)c(Br)s1. The van der Waals surface area contributed by atoms with Gasteiger partial charge >= 0.3 is 0 Å². The van der Waals surface area contributed by atoms with Gasteiger partial charge in [0, 0.05) is 11.9 Å². The van der Waals surface area contributed by atoms with Crippen molar-refractivity contribution in [2.75, 3.05) is 11.9 Å². The van der Waals surface area contributed by atoms with Crippen molar-refractivity contribution in [2.45, 2.75) is 24.5 Å². The van der Waals surface area contributed by atoms with Gasteiger partial charge in [-0.15, -0.1) is 11.3 Å². The molecule has 0 radical (unpaired) electrons. The summed E-state index contributed by atoms with van der Waals surface area (Å²) in [4.78, 5) is 0. The zero-order valence-corrected chi connectivity index (χ0v) is 15.5. The smallest absolute Gasteiger partial charge is 0.210 e. The van der Waals surface area contributed by atoms with Crippen molar-refractivity contribution in [1.82, 2.24) is 4.72 Å². The van der Waals surface area contributed by atoms with Crippen LogP contribution in [0.2, 0.25) is 5.02 Å². The largest absolute Gasteiger partial charge is 0.250 e. The maximum Gasteiger partial charge on any atom is 0.250 e. The molecule has 0 aliphatic heterocycles. The molecule has 0 spiro atoms. The molecule has 1 aromatic rings. The van der Waals surface area contributed by atoms with E-state index in [2.05, 4.69) is 36.6 Å². The summed E-state index contributed by atoms with van der Waals surface area (Å²) in [6, 6.07) is 1.45. The summed E-state index contributed by atoms with van der Waals surface area (Å²) in [5, 5.41) is 1.26. The van der Waals surface area contributed by atoms with Gasteiger partial charge in [-0.2, -0.15) is 0 Å². The summed E-state index contributed by atoms with van der Waals surface area (Å²) in [5.41, 5.74) is -0.0884. The Bertz CT molecular complexity index is 494. The molecule has 8 heteroatoms. The molecule has 0 saturated carbocycles. The van der Waals surface area contributed by atoms with E-state index in [0.29, 0.717) is 15.4 Å². The maximum absolute atomic E-state index is 12.1. The highest BCUT2D eigenvalue weighted by Gasteiger charge is 2.23. The highest BCUT2D eigenvalue weighted by atomic mass is 79.9. The van der Waals surface area contributed by atoms with E-state index in [1.165, 1.54) is 6.07 Å². The molecule has 0 atom stereocenters. The van der Waals surface area contributed by atoms with Gasteiger partial charge in [-0.1, -0.05) is 41.4 Å². The predicted octanol–water partition coefficient (Wildman–Crippen LogP) is 4.25. The average molecular weight is 440 g/mol. The Morgan fingerprint density at radius 3 is 2.56 bits per heavy atom. The van der Waals surface area contributed by atoms with Gasteiger partial charge in [0.1, 0.15) is 4.21 Å². The lowest BCUT2D eigenvalue weighted by atomic mass is 9.91. The van der Waals surface area contributed by atoms with Crippen LogP contribution in [0.3, 0.4) is 0 Å². The van der Waals surface area contributed by atoms with Crippen molar-refractivity contribution < 1.29 is 8.42 Å². The third-order valence-corrected chi connectivity index (χ3v) is 7.15. The zero-order valence-electron chi connectivity index (χ0n) is 9.97. The van der Waals surface area contributed by atoms with Crippen LogP contribution in [-0.2, 0) is 10.0 Å². The first kappa shape index (κ1) is 16.9. The van der Waals surface area contributed by atoms with Crippen molar-refractivity contribution in [3.8, 4) is 0 Å².